The smallest absolute Gasteiger partial charge is 0.326 e. The van der Waals surface area contributed by atoms with E-state index in [1.807, 2.05) is 0 Å². The number of unbranched alkanes of at least 4 members (excludes halogenated alkanes) is 21. The molecule has 0 aliphatic carbocycles. The third-order valence-corrected chi connectivity index (χ3v) is 7.54. The van der Waals surface area contributed by atoms with Crippen molar-refractivity contribution in [2.45, 2.75) is 187 Å². The first-order valence-corrected chi connectivity index (χ1v) is 16.7. The molecule has 0 unspecified atom stereocenters. The maximum Gasteiger partial charge on any atom is 0.326 e. The van der Waals surface area contributed by atoms with Gasteiger partial charge in [0, 0.05) is 12.8 Å². The topological polar surface area (TPSA) is 92.7 Å². The van der Waals surface area contributed by atoms with Gasteiger partial charge in [-0.1, -0.05) is 149 Å². The molecule has 6 nitrogen and oxygen atoms in total. The Morgan fingerprint density at radius 3 is 1.36 bits per heavy atom. The summed E-state index contributed by atoms with van der Waals surface area (Å²) >= 11 is 0. The minimum Gasteiger partial charge on any atom is -0.480 e. The molecule has 0 radical (unpaired) electrons. The van der Waals surface area contributed by atoms with Crippen LogP contribution in [0.15, 0.2) is 0 Å². The van der Waals surface area contributed by atoms with E-state index in [2.05, 4.69) is 19.2 Å². The van der Waals surface area contributed by atoms with Gasteiger partial charge >= 0.3 is 11.9 Å². The van der Waals surface area contributed by atoms with Gasteiger partial charge in [0.05, 0.1) is 6.61 Å². The summed E-state index contributed by atoms with van der Waals surface area (Å²) in [5.41, 5.74) is 0. The van der Waals surface area contributed by atoms with Crippen molar-refractivity contribution in [1.29, 1.82) is 0 Å². The second kappa shape index (κ2) is 29.4. The Balaban J connectivity index is 3.65. The van der Waals surface area contributed by atoms with Gasteiger partial charge < -0.3 is 15.2 Å². The number of carboxylic acids is 1. The summed E-state index contributed by atoms with van der Waals surface area (Å²) in [6.45, 7) is 4.86. The number of aliphatic carboxylic acids is 1. The summed E-state index contributed by atoms with van der Waals surface area (Å²) in [4.78, 5) is 35.7. The molecule has 2 N–H and O–H groups in total. The van der Waals surface area contributed by atoms with Crippen molar-refractivity contribution < 1.29 is 24.2 Å². The number of esters is 1. The molecule has 0 spiro atoms. The lowest BCUT2D eigenvalue weighted by Crippen LogP contribution is -2.41. The van der Waals surface area contributed by atoms with E-state index >= 15 is 0 Å². The van der Waals surface area contributed by atoms with Crippen molar-refractivity contribution in [2.75, 3.05) is 6.61 Å². The molecule has 1 amide bonds. The van der Waals surface area contributed by atoms with Crippen LogP contribution in [0.1, 0.15) is 181 Å². The fourth-order valence-electron chi connectivity index (χ4n) is 4.94. The lowest BCUT2D eigenvalue weighted by Gasteiger charge is -2.14. The number of carbonyl (C=O) groups is 3. The zero-order valence-corrected chi connectivity index (χ0v) is 25.7. The first-order chi connectivity index (χ1) is 19.0. The zero-order chi connectivity index (χ0) is 28.8. The van der Waals surface area contributed by atoms with Crippen molar-refractivity contribution in [2.24, 2.45) is 0 Å². The zero-order valence-electron chi connectivity index (χ0n) is 25.7. The van der Waals surface area contributed by atoms with Crippen LogP contribution in [0.2, 0.25) is 0 Å². The summed E-state index contributed by atoms with van der Waals surface area (Å²) in [5, 5.41) is 12.0. The number of hydrogen-bond donors (Lipinski definition) is 2. The lowest BCUT2D eigenvalue weighted by molar-refractivity contribution is -0.145. The number of amides is 1. The fourth-order valence-corrected chi connectivity index (χ4v) is 4.94. The van der Waals surface area contributed by atoms with E-state index in [0.29, 0.717) is 13.0 Å². The molecule has 0 aliphatic heterocycles. The Bertz CT molecular complexity index is 580. The molecule has 0 aromatic heterocycles. The van der Waals surface area contributed by atoms with Gasteiger partial charge in [-0.25, -0.2) is 4.79 Å². The van der Waals surface area contributed by atoms with Gasteiger partial charge in [0.1, 0.15) is 6.04 Å². The Morgan fingerprint density at radius 2 is 0.949 bits per heavy atom. The van der Waals surface area contributed by atoms with Crippen molar-refractivity contribution in [1.82, 2.24) is 5.32 Å². The maximum absolute atomic E-state index is 12.1. The van der Waals surface area contributed by atoms with Gasteiger partial charge in [-0.3, -0.25) is 9.59 Å². The molecule has 0 bridgehead atoms. The van der Waals surface area contributed by atoms with Gasteiger partial charge in [0.15, 0.2) is 0 Å². The summed E-state index contributed by atoms with van der Waals surface area (Å²) < 4.78 is 5.27. The van der Waals surface area contributed by atoms with Crippen LogP contribution < -0.4 is 5.32 Å². The fraction of sp³-hybridized carbons (Fsp3) is 0.909. The summed E-state index contributed by atoms with van der Waals surface area (Å²) in [6.07, 6.45) is 28.8. The molecule has 0 rings (SSSR count). The molecule has 0 aromatic rings. The normalized spacial score (nSPS) is 11.8. The molecule has 230 valence electrons. The molecular formula is C33H63NO5. The predicted molar refractivity (Wildman–Crippen MR) is 162 cm³/mol. The predicted octanol–water partition coefficient (Wildman–Crippen LogP) is 9.28. The van der Waals surface area contributed by atoms with Crippen LogP contribution >= 0.6 is 0 Å². The van der Waals surface area contributed by atoms with E-state index in [1.165, 1.54) is 116 Å². The van der Waals surface area contributed by atoms with Crippen LogP contribution in [0, 0.1) is 0 Å². The molecule has 0 saturated heterocycles. The second-order valence-electron chi connectivity index (χ2n) is 11.4. The van der Waals surface area contributed by atoms with Crippen molar-refractivity contribution in [3.05, 3.63) is 0 Å². The van der Waals surface area contributed by atoms with Crippen LogP contribution in [-0.4, -0.2) is 35.6 Å². The third-order valence-electron chi connectivity index (χ3n) is 7.54. The highest BCUT2D eigenvalue weighted by molar-refractivity contribution is 5.84. The standard InChI is InChI=1S/C33H63NO5/c1-3-5-7-9-11-13-14-15-16-17-19-21-23-25-29-39-32(36)28-27-30(33(37)38)34-31(35)26-24-22-20-18-12-10-8-6-4-2/h30H,3-29H2,1-2H3,(H,34,35)(H,37,38)/t30-/m0/s1. The van der Waals surface area contributed by atoms with Gasteiger partial charge in [0.2, 0.25) is 5.91 Å². The summed E-state index contributed by atoms with van der Waals surface area (Å²) in [6, 6.07) is -1.04. The second-order valence-corrected chi connectivity index (χ2v) is 11.4. The number of nitrogens with one attached hydrogen (secondary N) is 1. The first-order valence-electron chi connectivity index (χ1n) is 16.7. The van der Waals surface area contributed by atoms with Gasteiger partial charge in [-0.05, 0) is 19.3 Å². The van der Waals surface area contributed by atoms with E-state index in [9.17, 15) is 19.5 Å². The molecule has 1 atom stereocenters. The minimum absolute atomic E-state index is 0.00782. The highest BCUT2D eigenvalue weighted by atomic mass is 16.5. The lowest BCUT2D eigenvalue weighted by atomic mass is 10.0. The largest absolute Gasteiger partial charge is 0.480 e. The number of carboxylic acid groups (broad SMARTS) is 1. The van der Waals surface area contributed by atoms with Gasteiger partial charge in [0.25, 0.3) is 0 Å². The SMILES string of the molecule is CCCCCCCCCCCCCCCCOC(=O)CC[C@H](NC(=O)CCCCCCCCCCC)C(=O)O. The average molecular weight is 554 g/mol. The van der Waals surface area contributed by atoms with Crippen LogP contribution in [0.4, 0.5) is 0 Å². The van der Waals surface area contributed by atoms with Crippen molar-refractivity contribution >= 4 is 17.8 Å². The molecule has 0 saturated carbocycles. The Hall–Kier alpha value is -1.59. The third kappa shape index (κ3) is 27.8. The van der Waals surface area contributed by atoms with Crippen molar-refractivity contribution in [3.8, 4) is 0 Å². The number of hydrogen-bond acceptors (Lipinski definition) is 4. The Kier molecular flexibility index (Phi) is 28.2. The molecular weight excluding hydrogens is 490 g/mol. The minimum atomic E-state index is -1.10. The molecule has 0 aliphatic rings. The van der Waals surface area contributed by atoms with E-state index in [1.54, 1.807) is 0 Å². The molecule has 6 heteroatoms. The highest BCUT2D eigenvalue weighted by Gasteiger charge is 2.21. The molecule has 39 heavy (non-hydrogen) atoms. The maximum atomic E-state index is 12.1. The van der Waals surface area contributed by atoms with E-state index < -0.39 is 12.0 Å². The van der Waals surface area contributed by atoms with Crippen LogP contribution in [0.5, 0.6) is 0 Å². The average Bonchev–Trinajstić information content (AvgIpc) is 2.92. The quantitative estimate of drug-likeness (QED) is 0.0683. The van der Waals surface area contributed by atoms with Gasteiger partial charge in [-0.2, -0.15) is 0 Å². The van der Waals surface area contributed by atoms with E-state index in [-0.39, 0.29) is 24.7 Å². The van der Waals surface area contributed by atoms with Crippen LogP contribution in [-0.2, 0) is 19.1 Å². The number of rotatable bonds is 30. The van der Waals surface area contributed by atoms with E-state index in [4.69, 9.17) is 4.74 Å². The highest BCUT2D eigenvalue weighted by Crippen LogP contribution is 2.13. The first kappa shape index (κ1) is 37.4. The summed E-state index contributed by atoms with van der Waals surface area (Å²) in [5.74, 6) is -1.74. The Morgan fingerprint density at radius 1 is 0.564 bits per heavy atom. The van der Waals surface area contributed by atoms with E-state index in [0.717, 1.165) is 32.1 Å². The van der Waals surface area contributed by atoms with Crippen LogP contribution in [0.3, 0.4) is 0 Å². The molecule has 0 heterocycles. The summed E-state index contributed by atoms with van der Waals surface area (Å²) in [7, 11) is 0. The molecule has 0 fully saturated rings. The monoisotopic (exact) mass is 553 g/mol. The number of carbonyl (C=O) groups excluding carboxylic acids is 2. The number of ether oxygens (including phenoxy) is 1. The molecule has 0 aromatic carbocycles. The van der Waals surface area contributed by atoms with Crippen LogP contribution in [0.25, 0.3) is 0 Å². The van der Waals surface area contributed by atoms with Crippen molar-refractivity contribution in [3.63, 3.8) is 0 Å². The van der Waals surface area contributed by atoms with Gasteiger partial charge in [-0.15, -0.1) is 0 Å². The Labute approximate surface area is 240 Å².